The summed E-state index contributed by atoms with van der Waals surface area (Å²) in [5.41, 5.74) is 3.84. The topological polar surface area (TPSA) is 89.3 Å². The van der Waals surface area contributed by atoms with Gasteiger partial charge in [-0.05, 0) is 60.9 Å². The van der Waals surface area contributed by atoms with Crippen LogP contribution in [0.25, 0.3) is 10.9 Å². The second-order valence-electron chi connectivity index (χ2n) is 9.25. The van der Waals surface area contributed by atoms with Crippen LogP contribution in [0.5, 0.6) is 5.75 Å². The number of nitrogens with zero attached hydrogens (tertiary/aromatic N) is 4. The zero-order valence-electron chi connectivity index (χ0n) is 21.2. The van der Waals surface area contributed by atoms with E-state index in [1.165, 1.54) is 23.6 Å². The second kappa shape index (κ2) is 10.3. The van der Waals surface area contributed by atoms with E-state index in [1.54, 1.807) is 25.2 Å². The van der Waals surface area contributed by atoms with Gasteiger partial charge in [0.15, 0.2) is 10.8 Å². The van der Waals surface area contributed by atoms with E-state index in [2.05, 4.69) is 9.71 Å². The Balaban J connectivity index is 1.55. The Morgan fingerprint density at radius 1 is 1.16 bits per heavy atom. The van der Waals surface area contributed by atoms with Gasteiger partial charge >= 0.3 is 0 Å². The molecule has 2 aromatic carbocycles. The molecular formula is C27H25ClFN5O3S. The number of amides is 1. The molecule has 1 aliphatic rings. The van der Waals surface area contributed by atoms with Crippen molar-refractivity contribution in [1.82, 2.24) is 19.3 Å². The summed E-state index contributed by atoms with van der Waals surface area (Å²) in [6.45, 7) is 6.15. The number of carbonyl (C=O) groups is 1. The summed E-state index contributed by atoms with van der Waals surface area (Å²) in [5.74, 6) is 0.394. The average molecular weight is 554 g/mol. The molecule has 0 radical (unpaired) electrons. The monoisotopic (exact) mass is 553 g/mol. The number of hydrogen-bond donors (Lipinski definition) is 1. The number of halogens is 2. The van der Waals surface area contributed by atoms with E-state index >= 15 is 0 Å². The molecular weight excluding hydrogens is 529 g/mol. The molecule has 1 unspecified atom stereocenters. The van der Waals surface area contributed by atoms with Gasteiger partial charge in [0.1, 0.15) is 17.1 Å². The van der Waals surface area contributed by atoms with Crippen molar-refractivity contribution in [3.63, 3.8) is 0 Å². The molecule has 0 fully saturated rings. The van der Waals surface area contributed by atoms with Crippen LogP contribution in [0.4, 0.5) is 10.3 Å². The molecule has 0 aliphatic carbocycles. The Bertz CT molecular complexity index is 1640. The van der Waals surface area contributed by atoms with Crippen molar-refractivity contribution >= 4 is 46.3 Å². The molecule has 196 valence electrons. The first-order chi connectivity index (χ1) is 18.1. The van der Waals surface area contributed by atoms with Crippen molar-refractivity contribution in [3.05, 3.63) is 86.0 Å². The summed E-state index contributed by atoms with van der Waals surface area (Å²) in [4.78, 5) is 36.1. The van der Waals surface area contributed by atoms with Gasteiger partial charge in [-0.1, -0.05) is 23.7 Å². The fourth-order valence-corrected chi connectivity index (χ4v) is 5.38. The van der Waals surface area contributed by atoms with Crippen LogP contribution in [0.3, 0.4) is 0 Å². The first-order valence-corrected chi connectivity index (χ1v) is 13.1. The fourth-order valence-electron chi connectivity index (χ4n) is 4.58. The lowest BCUT2D eigenvalue weighted by atomic mass is 10.0. The van der Waals surface area contributed by atoms with Crippen LogP contribution in [0, 0.1) is 12.7 Å². The maximum absolute atomic E-state index is 13.8. The minimum Gasteiger partial charge on any atom is -0.483 e. The molecule has 11 heteroatoms. The van der Waals surface area contributed by atoms with Crippen LogP contribution in [0.15, 0.2) is 52.3 Å². The molecule has 3 heterocycles. The minimum atomic E-state index is -0.519. The smallest absolute Gasteiger partial charge is 0.262 e. The molecule has 1 N–H and O–H groups in total. The molecule has 1 aliphatic heterocycles. The summed E-state index contributed by atoms with van der Waals surface area (Å²) in [6, 6.07) is 11.8. The lowest BCUT2D eigenvalue weighted by molar-refractivity contribution is -0.117. The molecule has 4 aromatic rings. The molecule has 0 spiro atoms. The number of pyridine rings is 1. The van der Waals surface area contributed by atoms with Crippen molar-refractivity contribution in [3.8, 4) is 5.75 Å². The van der Waals surface area contributed by atoms with Crippen LogP contribution < -0.4 is 19.9 Å². The molecule has 38 heavy (non-hydrogen) atoms. The molecule has 5 rings (SSSR count). The van der Waals surface area contributed by atoms with Gasteiger partial charge in [-0.2, -0.15) is 0 Å². The van der Waals surface area contributed by atoms with Crippen molar-refractivity contribution in [2.45, 2.75) is 45.0 Å². The van der Waals surface area contributed by atoms with E-state index in [1.807, 2.05) is 30.9 Å². The van der Waals surface area contributed by atoms with Crippen LogP contribution in [0.1, 0.15) is 42.2 Å². The highest BCUT2D eigenvalue weighted by Gasteiger charge is 2.25. The first-order valence-electron chi connectivity index (χ1n) is 11.9. The Morgan fingerprint density at radius 3 is 2.68 bits per heavy atom. The zero-order chi connectivity index (χ0) is 27.1. The Labute approximate surface area is 227 Å². The second-order valence-corrected chi connectivity index (χ2v) is 10.4. The number of fused-ring (bicyclic) bond motifs is 2. The van der Waals surface area contributed by atoms with E-state index in [4.69, 9.17) is 21.3 Å². The lowest BCUT2D eigenvalue weighted by Crippen LogP contribution is -2.28. The van der Waals surface area contributed by atoms with Crippen LogP contribution >= 0.6 is 23.5 Å². The molecule has 8 nitrogen and oxygen atoms in total. The molecule has 0 saturated carbocycles. The van der Waals surface area contributed by atoms with E-state index in [-0.39, 0.29) is 22.4 Å². The quantitative estimate of drug-likeness (QED) is 0.258. The summed E-state index contributed by atoms with van der Waals surface area (Å²) < 4.78 is 24.3. The van der Waals surface area contributed by atoms with Gasteiger partial charge in [-0.15, -0.1) is 0 Å². The average Bonchev–Trinajstić information content (AvgIpc) is 3.29. The Hall–Kier alpha value is -3.63. The highest BCUT2D eigenvalue weighted by molar-refractivity contribution is 7.98. The van der Waals surface area contributed by atoms with E-state index in [0.29, 0.717) is 40.7 Å². The van der Waals surface area contributed by atoms with Gasteiger partial charge in [0.05, 0.1) is 10.9 Å². The number of nitrogens with one attached hydrogen (secondary N) is 1. The predicted octanol–water partition coefficient (Wildman–Crippen LogP) is 5.23. The highest BCUT2D eigenvalue weighted by Crippen LogP contribution is 2.34. The number of ether oxygens (including phenoxy) is 1. The Kier molecular flexibility index (Phi) is 7.02. The number of anilines is 1. The summed E-state index contributed by atoms with van der Waals surface area (Å²) in [5, 5.41) is 1.15. The van der Waals surface area contributed by atoms with Crippen LogP contribution in [0.2, 0.25) is 5.15 Å². The number of aryl methyl sites for hydroxylation is 1. The van der Waals surface area contributed by atoms with Crippen molar-refractivity contribution in [2.24, 2.45) is 7.05 Å². The van der Waals surface area contributed by atoms with Gasteiger partial charge in [0, 0.05) is 44.6 Å². The van der Waals surface area contributed by atoms with Gasteiger partial charge in [-0.25, -0.2) is 14.4 Å². The third-order valence-corrected chi connectivity index (χ3v) is 7.41. The molecule has 1 atom stereocenters. The fraction of sp³-hybridized carbons (Fsp3) is 0.259. The van der Waals surface area contributed by atoms with Gasteiger partial charge in [-0.3, -0.25) is 18.9 Å². The number of hydrogen-bond acceptors (Lipinski definition) is 7. The van der Waals surface area contributed by atoms with E-state index in [0.717, 1.165) is 34.2 Å². The zero-order valence-corrected chi connectivity index (χ0v) is 22.8. The molecule has 0 saturated heterocycles. The third-order valence-electron chi connectivity index (χ3n) is 6.33. The standard InChI is InChI=1S/C27H25ClFN5O3S/c1-14-9-20(15(2)37-22-7-8-23(28)30-25(22)38-32-16(3)35)24-21(10-14)26(36)33(4)27(31-24)34-12-17-5-6-19(29)11-18(17)13-34/h5-11,15H,12-13H2,1-4H3,(H,32,35). The van der Waals surface area contributed by atoms with Gasteiger partial charge < -0.3 is 9.64 Å². The summed E-state index contributed by atoms with van der Waals surface area (Å²) in [6.07, 6.45) is -0.519. The molecule has 0 bridgehead atoms. The van der Waals surface area contributed by atoms with Gasteiger partial charge in [0.25, 0.3) is 5.56 Å². The van der Waals surface area contributed by atoms with Crippen molar-refractivity contribution < 1.29 is 13.9 Å². The van der Waals surface area contributed by atoms with Crippen LogP contribution in [-0.4, -0.2) is 20.4 Å². The van der Waals surface area contributed by atoms with Crippen molar-refractivity contribution in [2.75, 3.05) is 4.90 Å². The van der Waals surface area contributed by atoms with E-state index in [9.17, 15) is 14.0 Å². The number of rotatable bonds is 6. The van der Waals surface area contributed by atoms with Gasteiger partial charge in [0.2, 0.25) is 11.9 Å². The molecule has 2 aromatic heterocycles. The predicted molar refractivity (Wildman–Crippen MR) is 146 cm³/mol. The first kappa shape index (κ1) is 26.0. The lowest BCUT2D eigenvalue weighted by Gasteiger charge is -2.23. The number of benzene rings is 2. The summed E-state index contributed by atoms with van der Waals surface area (Å²) >= 11 is 7.08. The maximum Gasteiger partial charge on any atom is 0.262 e. The number of carbonyl (C=O) groups excluding carboxylic acids is 1. The Morgan fingerprint density at radius 2 is 1.92 bits per heavy atom. The largest absolute Gasteiger partial charge is 0.483 e. The van der Waals surface area contributed by atoms with Crippen molar-refractivity contribution in [1.29, 1.82) is 0 Å². The maximum atomic E-state index is 13.8. The van der Waals surface area contributed by atoms with Crippen LogP contribution in [-0.2, 0) is 24.9 Å². The highest BCUT2D eigenvalue weighted by atomic mass is 35.5. The minimum absolute atomic E-state index is 0.181. The SMILES string of the molecule is CC(=O)NSc1nc(Cl)ccc1OC(C)c1cc(C)cc2c(=O)n(C)c(N3Cc4ccc(F)cc4C3)nc12. The normalized spacial score (nSPS) is 13.5. The van der Waals surface area contributed by atoms with E-state index < -0.39 is 6.10 Å². The molecule has 1 amide bonds. The number of aromatic nitrogens is 3. The summed E-state index contributed by atoms with van der Waals surface area (Å²) in [7, 11) is 1.69. The third kappa shape index (κ3) is 5.06.